The normalized spacial score (nSPS) is 20.4. The largest absolute Gasteiger partial charge is 0.364 e. The molecular formula is C19H27N5O2. The summed E-state index contributed by atoms with van der Waals surface area (Å²) in [6.45, 7) is 2.63. The van der Waals surface area contributed by atoms with Crippen molar-refractivity contribution >= 4 is 11.8 Å². The van der Waals surface area contributed by atoms with Crippen LogP contribution in [0.1, 0.15) is 53.8 Å². The van der Waals surface area contributed by atoms with Crippen molar-refractivity contribution in [2.24, 2.45) is 13.0 Å². The first-order valence-electron chi connectivity index (χ1n) is 9.20. The Balaban J connectivity index is 1.71. The van der Waals surface area contributed by atoms with Gasteiger partial charge in [0.25, 0.3) is 5.91 Å². The number of hydrogen-bond donors (Lipinski definition) is 2. The number of H-pyrrole nitrogens is 1. The molecule has 0 aromatic carbocycles. The molecule has 2 aromatic heterocycles. The van der Waals surface area contributed by atoms with Crippen molar-refractivity contribution in [3.05, 3.63) is 41.5 Å². The number of aromatic amines is 1. The number of likely N-dealkylation sites (tertiary alicyclic amines) is 1. The average Bonchev–Trinajstić information content (AvgIpc) is 3.25. The maximum absolute atomic E-state index is 12.6. The zero-order valence-corrected chi connectivity index (χ0v) is 15.7. The average molecular weight is 357 g/mol. The van der Waals surface area contributed by atoms with Crippen LogP contribution in [0.4, 0.5) is 0 Å². The van der Waals surface area contributed by atoms with Crippen LogP contribution in [-0.4, -0.2) is 45.1 Å². The van der Waals surface area contributed by atoms with Crippen LogP contribution < -0.4 is 5.32 Å². The SMILES string of the molecule is CCCc1[nH]ccc1C(=O)NC[C@H]1CCC(=O)N(C)[C@@H]1c1cnn(C)c1. The van der Waals surface area contributed by atoms with Crippen molar-refractivity contribution in [1.29, 1.82) is 0 Å². The third kappa shape index (κ3) is 3.66. The molecule has 1 aliphatic heterocycles. The highest BCUT2D eigenvalue weighted by molar-refractivity contribution is 5.95. The number of nitrogens with one attached hydrogen (secondary N) is 2. The Hall–Kier alpha value is -2.57. The zero-order chi connectivity index (χ0) is 18.7. The van der Waals surface area contributed by atoms with Gasteiger partial charge in [-0.1, -0.05) is 13.3 Å². The van der Waals surface area contributed by atoms with Crippen LogP contribution in [0.3, 0.4) is 0 Å². The van der Waals surface area contributed by atoms with E-state index >= 15 is 0 Å². The van der Waals surface area contributed by atoms with E-state index in [4.69, 9.17) is 0 Å². The summed E-state index contributed by atoms with van der Waals surface area (Å²) in [4.78, 5) is 29.7. The first-order chi connectivity index (χ1) is 12.5. The summed E-state index contributed by atoms with van der Waals surface area (Å²) in [5.41, 5.74) is 2.70. The highest BCUT2D eigenvalue weighted by Gasteiger charge is 2.35. The van der Waals surface area contributed by atoms with Gasteiger partial charge < -0.3 is 15.2 Å². The minimum absolute atomic E-state index is 0.0563. The molecule has 1 saturated heterocycles. The van der Waals surface area contributed by atoms with Crippen LogP contribution in [0.2, 0.25) is 0 Å². The van der Waals surface area contributed by atoms with E-state index in [0.29, 0.717) is 18.5 Å². The number of amides is 2. The van der Waals surface area contributed by atoms with Gasteiger partial charge in [-0.3, -0.25) is 14.3 Å². The fourth-order valence-corrected chi connectivity index (χ4v) is 3.81. The van der Waals surface area contributed by atoms with E-state index in [9.17, 15) is 9.59 Å². The van der Waals surface area contributed by atoms with Gasteiger partial charge in [-0.05, 0) is 18.9 Å². The molecule has 140 valence electrons. The Morgan fingerprint density at radius 1 is 1.42 bits per heavy atom. The first kappa shape index (κ1) is 18.2. The summed E-state index contributed by atoms with van der Waals surface area (Å²) in [5.74, 6) is 0.246. The molecule has 1 aliphatic rings. The molecule has 0 saturated carbocycles. The molecule has 0 radical (unpaired) electrons. The van der Waals surface area contributed by atoms with E-state index < -0.39 is 0 Å². The highest BCUT2D eigenvalue weighted by atomic mass is 16.2. The number of carbonyl (C=O) groups is 2. The Bertz CT molecular complexity index is 778. The minimum atomic E-state index is -0.0633. The number of piperidine rings is 1. The van der Waals surface area contributed by atoms with E-state index in [1.165, 1.54) is 0 Å². The maximum atomic E-state index is 12.6. The van der Waals surface area contributed by atoms with E-state index in [1.54, 1.807) is 15.8 Å². The molecule has 0 bridgehead atoms. The Labute approximate surface area is 153 Å². The lowest BCUT2D eigenvalue weighted by Crippen LogP contribution is -2.44. The van der Waals surface area contributed by atoms with Crippen molar-refractivity contribution < 1.29 is 9.59 Å². The summed E-state index contributed by atoms with van der Waals surface area (Å²) in [5, 5.41) is 7.31. The summed E-state index contributed by atoms with van der Waals surface area (Å²) >= 11 is 0. The smallest absolute Gasteiger partial charge is 0.253 e. The van der Waals surface area contributed by atoms with Gasteiger partial charge in [-0.2, -0.15) is 5.10 Å². The molecule has 7 heteroatoms. The van der Waals surface area contributed by atoms with Gasteiger partial charge in [0.05, 0.1) is 17.8 Å². The minimum Gasteiger partial charge on any atom is -0.364 e. The second kappa shape index (κ2) is 7.76. The third-order valence-corrected chi connectivity index (χ3v) is 5.15. The summed E-state index contributed by atoms with van der Waals surface area (Å²) in [6, 6.07) is 1.77. The van der Waals surface area contributed by atoms with Crippen molar-refractivity contribution in [3.63, 3.8) is 0 Å². The zero-order valence-electron chi connectivity index (χ0n) is 15.7. The molecule has 0 spiro atoms. The molecule has 2 N–H and O–H groups in total. The van der Waals surface area contributed by atoms with Gasteiger partial charge in [0, 0.05) is 56.6 Å². The lowest BCUT2D eigenvalue weighted by atomic mass is 9.85. The van der Waals surface area contributed by atoms with E-state index in [1.807, 2.05) is 32.6 Å². The molecular weight excluding hydrogens is 330 g/mol. The van der Waals surface area contributed by atoms with Gasteiger partial charge in [0.15, 0.2) is 0 Å². The molecule has 26 heavy (non-hydrogen) atoms. The molecule has 2 aromatic rings. The molecule has 0 unspecified atom stereocenters. The van der Waals surface area contributed by atoms with Gasteiger partial charge >= 0.3 is 0 Å². The van der Waals surface area contributed by atoms with E-state index in [-0.39, 0.29) is 23.8 Å². The fraction of sp³-hybridized carbons (Fsp3) is 0.526. The third-order valence-electron chi connectivity index (χ3n) is 5.15. The van der Waals surface area contributed by atoms with Crippen molar-refractivity contribution in [2.75, 3.05) is 13.6 Å². The second-order valence-electron chi connectivity index (χ2n) is 7.03. The van der Waals surface area contributed by atoms with Crippen LogP contribution in [0, 0.1) is 5.92 Å². The standard InChI is InChI=1S/C19H27N5O2/c1-4-5-16-15(8-9-20-16)19(26)21-10-13-6-7-17(25)24(3)18(13)14-11-22-23(2)12-14/h8-9,11-13,18,20H,4-7,10H2,1-3H3,(H,21,26)/t13-,18+/m1/s1. The van der Waals surface area contributed by atoms with Crippen molar-refractivity contribution in [3.8, 4) is 0 Å². The van der Waals surface area contributed by atoms with Gasteiger partial charge in [-0.15, -0.1) is 0 Å². The van der Waals surface area contributed by atoms with Crippen LogP contribution in [-0.2, 0) is 18.3 Å². The molecule has 0 aliphatic carbocycles. The predicted octanol–water partition coefficient (Wildman–Crippen LogP) is 2.04. The Morgan fingerprint density at radius 2 is 2.23 bits per heavy atom. The van der Waals surface area contributed by atoms with Crippen LogP contribution in [0.5, 0.6) is 0 Å². The van der Waals surface area contributed by atoms with Crippen molar-refractivity contribution in [2.45, 2.75) is 38.6 Å². The van der Waals surface area contributed by atoms with Crippen molar-refractivity contribution in [1.82, 2.24) is 25.0 Å². The quantitative estimate of drug-likeness (QED) is 0.830. The maximum Gasteiger partial charge on any atom is 0.253 e. The number of nitrogens with zero attached hydrogens (tertiary/aromatic N) is 3. The van der Waals surface area contributed by atoms with Gasteiger partial charge in [0.2, 0.25) is 5.91 Å². The van der Waals surface area contributed by atoms with Crippen LogP contribution in [0.15, 0.2) is 24.7 Å². The first-order valence-corrected chi connectivity index (χ1v) is 9.20. The molecule has 7 nitrogen and oxygen atoms in total. The van der Waals surface area contributed by atoms with Gasteiger partial charge in [0.1, 0.15) is 0 Å². The monoisotopic (exact) mass is 357 g/mol. The summed E-state index contributed by atoms with van der Waals surface area (Å²) < 4.78 is 1.74. The lowest BCUT2D eigenvalue weighted by Gasteiger charge is -2.38. The van der Waals surface area contributed by atoms with Crippen LogP contribution >= 0.6 is 0 Å². The lowest BCUT2D eigenvalue weighted by molar-refractivity contribution is -0.136. The Morgan fingerprint density at radius 3 is 2.92 bits per heavy atom. The molecule has 3 rings (SSSR count). The molecule has 1 fully saturated rings. The molecule has 2 atom stereocenters. The second-order valence-corrected chi connectivity index (χ2v) is 7.03. The fourth-order valence-electron chi connectivity index (χ4n) is 3.81. The van der Waals surface area contributed by atoms with Crippen LogP contribution in [0.25, 0.3) is 0 Å². The Kier molecular flexibility index (Phi) is 5.44. The van der Waals surface area contributed by atoms with E-state index in [0.717, 1.165) is 30.5 Å². The number of carbonyl (C=O) groups excluding carboxylic acids is 2. The molecule has 2 amide bonds. The highest BCUT2D eigenvalue weighted by Crippen LogP contribution is 2.35. The number of aromatic nitrogens is 3. The molecule has 3 heterocycles. The predicted molar refractivity (Wildman–Crippen MR) is 98.6 cm³/mol. The number of rotatable bonds is 6. The number of hydrogen-bond acceptors (Lipinski definition) is 3. The summed E-state index contributed by atoms with van der Waals surface area (Å²) in [7, 11) is 3.70. The van der Waals surface area contributed by atoms with Gasteiger partial charge in [-0.25, -0.2) is 0 Å². The number of aryl methyl sites for hydroxylation is 2. The topological polar surface area (TPSA) is 83.0 Å². The summed E-state index contributed by atoms with van der Waals surface area (Å²) in [6.07, 6.45) is 8.68. The van der Waals surface area contributed by atoms with E-state index in [2.05, 4.69) is 22.3 Å².